The van der Waals surface area contributed by atoms with Crippen LogP contribution in [0.3, 0.4) is 0 Å². The van der Waals surface area contributed by atoms with Crippen LogP contribution in [0, 0.1) is 10.1 Å². The van der Waals surface area contributed by atoms with Crippen LogP contribution in [-0.4, -0.2) is 4.92 Å². The van der Waals surface area contributed by atoms with Gasteiger partial charge in [0.05, 0.1) is 4.92 Å². The quantitative estimate of drug-likeness (QED) is 0.430. The van der Waals surface area contributed by atoms with Crippen LogP contribution in [0.15, 0.2) is 36.4 Å². The maximum atomic E-state index is 11.6. The molecule has 5 nitrogen and oxygen atoms in total. The van der Waals surface area contributed by atoms with Crippen LogP contribution in [0.1, 0.15) is 12.5 Å². The van der Waals surface area contributed by atoms with Gasteiger partial charge in [-0.1, -0.05) is 29.8 Å². The average molecular weight is 360 g/mol. The minimum absolute atomic E-state index is 0.0159. The van der Waals surface area contributed by atoms with E-state index in [0.717, 1.165) is 0 Å². The zero-order chi connectivity index (χ0) is 16.3. The molecule has 2 aromatic rings. The van der Waals surface area contributed by atoms with Crippen molar-refractivity contribution in [1.82, 2.24) is 0 Å². The Morgan fingerprint density at radius 3 is 2.41 bits per heavy atom. The molecule has 0 heterocycles. The molecule has 0 radical (unpaired) electrons. The SMILES string of the molecule is CCc1cc([N+](=O)[O-])c([PH](=O)Cl)cc1Oc1ccc(Cl)cc1. The molecule has 22 heavy (non-hydrogen) atoms. The van der Waals surface area contributed by atoms with Crippen molar-refractivity contribution in [2.45, 2.75) is 13.3 Å². The highest BCUT2D eigenvalue weighted by Crippen LogP contribution is 2.36. The Bertz CT molecular complexity index is 734. The van der Waals surface area contributed by atoms with E-state index in [1.54, 1.807) is 24.3 Å². The van der Waals surface area contributed by atoms with Gasteiger partial charge in [0, 0.05) is 16.7 Å². The number of benzene rings is 2. The molecule has 1 atom stereocenters. The summed E-state index contributed by atoms with van der Waals surface area (Å²) >= 11 is 11.4. The van der Waals surface area contributed by atoms with Crippen LogP contribution < -0.4 is 10.0 Å². The zero-order valence-corrected chi connectivity index (χ0v) is 14.0. The first-order valence-electron chi connectivity index (χ1n) is 6.37. The van der Waals surface area contributed by atoms with Crippen molar-refractivity contribution in [2.24, 2.45) is 0 Å². The second-order valence-corrected chi connectivity index (χ2v) is 6.97. The van der Waals surface area contributed by atoms with Gasteiger partial charge in [0.15, 0.2) is 7.15 Å². The summed E-state index contributed by atoms with van der Waals surface area (Å²) in [6.45, 7) is 1.84. The third-order valence-electron chi connectivity index (χ3n) is 3.01. The number of ether oxygens (including phenoxy) is 1. The first-order valence-corrected chi connectivity index (χ1v) is 9.16. The third kappa shape index (κ3) is 3.80. The lowest BCUT2D eigenvalue weighted by Gasteiger charge is -2.12. The largest absolute Gasteiger partial charge is 0.457 e. The van der Waals surface area contributed by atoms with E-state index in [9.17, 15) is 14.7 Å². The molecule has 0 bridgehead atoms. The van der Waals surface area contributed by atoms with Crippen molar-refractivity contribution in [3.05, 3.63) is 57.1 Å². The predicted molar refractivity (Wildman–Crippen MR) is 88.5 cm³/mol. The summed E-state index contributed by atoms with van der Waals surface area (Å²) in [5.41, 5.74) is 0.379. The Labute approximate surface area is 137 Å². The number of aryl methyl sites for hydroxylation is 1. The van der Waals surface area contributed by atoms with Gasteiger partial charge < -0.3 is 9.30 Å². The molecule has 2 rings (SSSR count). The predicted octanol–water partition coefficient (Wildman–Crippen LogP) is 4.94. The highest BCUT2D eigenvalue weighted by molar-refractivity contribution is 7.80. The Kier molecular flexibility index (Phi) is 5.46. The topological polar surface area (TPSA) is 69.4 Å². The summed E-state index contributed by atoms with van der Waals surface area (Å²) in [6.07, 6.45) is 0.521. The van der Waals surface area contributed by atoms with Gasteiger partial charge >= 0.3 is 0 Å². The number of hydrogen-bond donors (Lipinski definition) is 0. The molecule has 0 aliphatic heterocycles. The second-order valence-electron chi connectivity index (χ2n) is 4.42. The van der Waals surface area contributed by atoms with Gasteiger partial charge in [0.1, 0.15) is 16.8 Å². The molecule has 116 valence electrons. The maximum Gasteiger partial charge on any atom is 0.281 e. The Morgan fingerprint density at radius 1 is 1.27 bits per heavy atom. The molecule has 0 saturated carbocycles. The lowest BCUT2D eigenvalue weighted by atomic mass is 10.1. The lowest BCUT2D eigenvalue weighted by Crippen LogP contribution is -2.07. The molecule has 0 fully saturated rings. The number of rotatable bonds is 5. The van der Waals surface area contributed by atoms with E-state index in [2.05, 4.69) is 0 Å². The van der Waals surface area contributed by atoms with Gasteiger partial charge in [0.25, 0.3) is 5.69 Å². The number of hydrogen-bond acceptors (Lipinski definition) is 4. The zero-order valence-electron chi connectivity index (χ0n) is 11.5. The van der Waals surface area contributed by atoms with Crippen LogP contribution in [0.25, 0.3) is 0 Å². The van der Waals surface area contributed by atoms with Crippen LogP contribution >= 0.6 is 30.0 Å². The molecule has 0 amide bonds. The molecule has 0 spiro atoms. The minimum atomic E-state index is -2.75. The molecular formula is C14H12Cl2NO4P. The third-order valence-corrected chi connectivity index (χ3v) is 4.70. The van der Waals surface area contributed by atoms with E-state index in [4.69, 9.17) is 27.6 Å². The van der Waals surface area contributed by atoms with Crippen LogP contribution in [-0.2, 0) is 11.0 Å². The fraction of sp³-hybridized carbons (Fsp3) is 0.143. The number of nitro benzene ring substituents is 1. The molecule has 0 aliphatic rings. The molecule has 0 aliphatic carbocycles. The fourth-order valence-corrected chi connectivity index (χ4v) is 3.11. The van der Waals surface area contributed by atoms with E-state index in [1.807, 2.05) is 6.92 Å². The summed E-state index contributed by atoms with van der Waals surface area (Å²) < 4.78 is 17.3. The molecule has 2 aromatic carbocycles. The van der Waals surface area contributed by atoms with Gasteiger partial charge in [-0.15, -0.1) is 0 Å². The summed E-state index contributed by atoms with van der Waals surface area (Å²) in [6, 6.07) is 9.41. The summed E-state index contributed by atoms with van der Waals surface area (Å²) in [7, 11) is -2.75. The Balaban J connectivity index is 2.50. The number of nitro groups is 1. The van der Waals surface area contributed by atoms with Gasteiger partial charge in [-0.3, -0.25) is 10.1 Å². The first kappa shape index (κ1) is 16.8. The summed E-state index contributed by atoms with van der Waals surface area (Å²) in [5, 5.41) is 11.6. The van der Waals surface area contributed by atoms with Gasteiger partial charge in [-0.05, 0) is 36.8 Å². The summed E-state index contributed by atoms with van der Waals surface area (Å²) in [5.74, 6) is 0.914. The van der Waals surface area contributed by atoms with E-state index in [0.29, 0.717) is 28.5 Å². The van der Waals surface area contributed by atoms with Crippen LogP contribution in [0.2, 0.25) is 5.02 Å². The fourth-order valence-electron chi connectivity index (χ4n) is 1.92. The number of nitrogens with zero attached hydrogens (tertiary/aromatic N) is 1. The molecule has 0 saturated heterocycles. The smallest absolute Gasteiger partial charge is 0.281 e. The Morgan fingerprint density at radius 2 is 1.91 bits per heavy atom. The van der Waals surface area contributed by atoms with Gasteiger partial charge in [-0.25, -0.2) is 0 Å². The van der Waals surface area contributed by atoms with E-state index in [-0.39, 0.29) is 11.0 Å². The minimum Gasteiger partial charge on any atom is -0.457 e. The van der Waals surface area contributed by atoms with Gasteiger partial charge in [-0.2, -0.15) is 0 Å². The first-order chi connectivity index (χ1) is 10.4. The molecule has 8 heteroatoms. The lowest BCUT2D eigenvalue weighted by molar-refractivity contribution is -0.383. The van der Waals surface area contributed by atoms with Crippen molar-refractivity contribution in [3.63, 3.8) is 0 Å². The van der Waals surface area contributed by atoms with E-state index < -0.39 is 12.1 Å². The average Bonchev–Trinajstić information content (AvgIpc) is 2.48. The van der Waals surface area contributed by atoms with Crippen molar-refractivity contribution in [3.8, 4) is 11.5 Å². The van der Waals surface area contributed by atoms with Crippen molar-refractivity contribution < 1.29 is 14.2 Å². The number of halogens is 2. The second kappa shape index (κ2) is 7.14. The monoisotopic (exact) mass is 359 g/mol. The van der Waals surface area contributed by atoms with Crippen molar-refractivity contribution in [2.75, 3.05) is 0 Å². The van der Waals surface area contributed by atoms with Crippen LogP contribution in [0.5, 0.6) is 11.5 Å². The molecule has 0 aromatic heterocycles. The van der Waals surface area contributed by atoms with Gasteiger partial charge in [0.2, 0.25) is 0 Å². The van der Waals surface area contributed by atoms with E-state index >= 15 is 0 Å². The molecular weight excluding hydrogens is 348 g/mol. The highest BCUT2D eigenvalue weighted by atomic mass is 35.7. The highest BCUT2D eigenvalue weighted by Gasteiger charge is 2.21. The normalized spacial score (nSPS) is 12.0. The van der Waals surface area contributed by atoms with Crippen LogP contribution in [0.4, 0.5) is 5.69 Å². The molecule has 0 N–H and O–H groups in total. The van der Waals surface area contributed by atoms with Crippen molar-refractivity contribution in [1.29, 1.82) is 0 Å². The molecule has 1 unspecified atom stereocenters. The standard InChI is InChI=1S/C14H12Cl2NO4P/c1-2-9-7-12(17(18)19)14(22(16)20)8-13(9)21-11-5-3-10(15)4-6-11/h3-8,22H,2H2,1H3. The maximum absolute atomic E-state index is 11.6. The van der Waals surface area contributed by atoms with Crippen molar-refractivity contribution >= 4 is 41.0 Å². The Hall–Kier alpha value is -1.55. The summed E-state index contributed by atoms with van der Waals surface area (Å²) in [4.78, 5) is 10.5. The van der Waals surface area contributed by atoms with E-state index in [1.165, 1.54) is 12.1 Å².